The van der Waals surface area contributed by atoms with Crippen LogP contribution in [0, 0.1) is 41.9 Å². The van der Waals surface area contributed by atoms with E-state index in [0.717, 1.165) is 23.3 Å². The number of methoxy groups -OCH3 is 1. The smallest absolute Gasteiger partial charge is 0.312 e. The predicted molar refractivity (Wildman–Crippen MR) is 470 cm³/mol. The normalized spacial score (nSPS) is 23.8. The minimum Gasteiger partial charge on any atom is -0.507 e. The molecule has 8 aliphatic rings. The second-order valence-electron chi connectivity index (χ2n) is 35.1. The number of aromatic nitrogens is 1. The minimum atomic E-state index is -2.21. The molecule has 127 heavy (non-hydrogen) atoms. The number of hydrogen-bond donors (Lipinski definition) is 10. The molecule has 0 saturated carbocycles. The third kappa shape index (κ3) is 21.2. The van der Waals surface area contributed by atoms with Gasteiger partial charge in [0.05, 0.1) is 42.1 Å². The van der Waals surface area contributed by atoms with E-state index < -0.39 is 201 Å². The number of aromatic hydroxyl groups is 2. The van der Waals surface area contributed by atoms with Gasteiger partial charge in [-0.15, -0.1) is 0 Å². The fourth-order valence-electron chi connectivity index (χ4n) is 17.4. The van der Waals surface area contributed by atoms with E-state index in [4.69, 9.17) is 28.3 Å². The molecule has 33 heteroatoms. The van der Waals surface area contributed by atoms with Gasteiger partial charge in [-0.05, 0) is 75.0 Å². The molecule has 2 saturated heterocycles. The summed E-state index contributed by atoms with van der Waals surface area (Å²) < 4.78 is 31.1. The lowest BCUT2D eigenvalue weighted by Crippen LogP contribution is -2.61. The Hall–Kier alpha value is -12.4. The van der Waals surface area contributed by atoms with Crippen molar-refractivity contribution in [1.29, 1.82) is 0 Å². The second kappa shape index (κ2) is 40.5. The zero-order chi connectivity index (χ0) is 92.5. The third-order valence-corrected chi connectivity index (χ3v) is 25.2. The van der Waals surface area contributed by atoms with Crippen LogP contribution in [0.3, 0.4) is 0 Å². The number of hydrogen-bond acceptors (Lipinski definition) is 24. The van der Waals surface area contributed by atoms with Gasteiger partial charge in [0.15, 0.2) is 11.3 Å². The molecule has 680 valence electrons. The molecule has 10 N–H and O–H groups in total. The summed E-state index contributed by atoms with van der Waals surface area (Å²) in [6, 6.07) is 14.5. The summed E-state index contributed by atoms with van der Waals surface area (Å²) in [6.45, 7) is 21.4. The van der Waals surface area contributed by atoms with Crippen molar-refractivity contribution < 1.29 is 101 Å². The van der Waals surface area contributed by atoms with Gasteiger partial charge in [-0.2, -0.15) is 0 Å². The Kier molecular flexibility index (Phi) is 30.4. The third-order valence-electron chi connectivity index (χ3n) is 25.2. The zero-order valence-corrected chi connectivity index (χ0v) is 74.4. The first-order valence-corrected chi connectivity index (χ1v) is 43.2. The number of likely N-dealkylation sites (tertiary alicyclic amines) is 1. The van der Waals surface area contributed by atoms with Gasteiger partial charge in [0.2, 0.25) is 46.8 Å². The number of carbonyl (C=O) groups is 12. The van der Waals surface area contributed by atoms with Crippen LogP contribution >= 0.6 is 0 Å². The number of rotatable bonds is 26. The average Bonchev–Trinajstić information content (AvgIpc) is 1.59. The number of phenols is 2. The van der Waals surface area contributed by atoms with E-state index in [9.17, 15) is 54.0 Å². The number of esters is 1. The van der Waals surface area contributed by atoms with Gasteiger partial charge >= 0.3 is 11.8 Å². The molecule has 4 aromatic rings. The topological polar surface area (TPSA) is 451 Å². The van der Waals surface area contributed by atoms with Crippen LogP contribution in [0.4, 0.5) is 11.4 Å². The van der Waals surface area contributed by atoms with Crippen LogP contribution < -0.4 is 47.0 Å². The largest absolute Gasteiger partial charge is 0.507 e. The highest BCUT2D eigenvalue weighted by molar-refractivity contribution is 6.23. The SMILES string of the molecule is CC[C@H](C)[C@H](NC(=O)[C@@H]1CCCN1C(=O)CNC(=O)CCN1C(=O)C=CC1=O)C(=O)N(C)[C@@H](CC(C)C)C(=O)N[C@@H](Cc1ccccc1)C(=O)N[C@@H](Cc1ccccc1)C(=O)NC1CCN(c2cc(O)c3nc4c5c6c7c(C)c(O)c5c(=O)c(c-4oc3c2)NC(=O)/C(C)=C\C=C\[C@H](C)[C@H](O)[C@@H](C)[C@@H](O)C(C)(C)[C@H](OC(C)=O)[C@H](C)[C@@H](OC)/C=C/O[C@@](C)(O7)C6=O)CC1. The van der Waals surface area contributed by atoms with Gasteiger partial charge in [0.25, 0.3) is 23.5 Å². The second-order valence-corrected chi connectivity index (χ2v) is 35.1. The number of piperidine rings is 1. The van der Waals surface area contributed by atoms with Crippen molar-refractivity contribution >= 4 is 104 Å². The molecule has 10 amide bonds. The molecule has 0 aromatic heterocycles. The van der Waals surface area contributed by atoms with E-state index in [1.54, 1.807) is 96.1 Å². The number of carbonyl (C=O) groups excluding carboxylic acids is 12. The molecule has 4 aromatic carbocycles. The number of ketones is 1. The first-order chi connectivity index (χ1) is 60.2. The zero-order valence-electron chi connectivity index (χ0n) is 74.4. The van der Waals surface area contributed by atoms with Gasteiger partial charge in [0.1, 0.15) is 70.5 Å². The lowest BCUT2D eigenvalue weighted by Gasteiger charge is -2.45. The highest BCUT2D eigenvalue weighted by atomic mass is 16.7. The molecule has 12 rings (SSSR count). The number of phenolic OH excluding ortho intramolecular Hbond substituents is 2. The van der Waals surface area contributed by atoms with Crippen molar-refractivity contribution in [3.05, 3.63) is 154 Å². The molecule has 0 radical (unpaired) electrons. The van der Waals surface area contributed by atoms with Crippen molar-refractivity contribution in [2.45, 2.75) is 214 Å². The molecular weight excluding hydrogens is 1640 g/mol. The summed E-state index contributed by atoms with van der Waals surface area (Å²) in [6.07, 6.45) is 6.62. The van der Waals surface area contributed by atoms with E-state index in [2.05, 4.69) is 31.9 Å². The summed E-state index contributed by atoms with van der Waals surface area (Å²) in [4.78, 5) is 193. The Balaban J connectivity index is 0.834. The number of likely N-dealkylation sites (N-methyl/N-ethyl adjacent to an activating group) is 1. The van der Waals surface area contributed by atoms with E-state index in [1.807, 2.05) is 43.9 Å². The minimum absolute atomic E-state index is 0.0198. The Labute approximate surface area is 736 Å². The van der Waals surface area contributed by atoms with Crippen molar-refractivity contribution in [3.8, 4) is 28.7 Å². The number of aliphatic hydroxyl groups excluding tert-OH is 2. The molecule has 7 aliphatic heterocycles. The number of benzene rings is 5. The molecule has 2 fully saturated rings. The maximum absolute atomic E-state index is 15.4. The molecular formula is C94H117N11O22. The molecule has 14 atom stereocenters. The highest BCUT2D eigenvalue weighted by Crippen LogP contribution is 2.52. The lowest BCUT2D eigenvalue weighted by molar-refractivity contribution is -0.175. The van der Waals surface area contributed by atoms with Crippen LogP contribution in [-0.2, 0) is 79.8 Å². The Morgan fingerprint density at radius 2 is 1.42 bits per heavy atom. The van der Waals surface area contributed by atoms with E-state index in [-0.39, 0.29) is 115 Å². The maximum Gasteiger partial charge on any atom is 0.312 e. The summed E-state index contributed by atoms with van der Waals surface area (Å²) in [5.74, 6) is -14.4. The number of anilines is 2. The number of nitrogens with one attached hydrogen (secondary N) is 6. The van der Waals surface area contributed by atoms with Gasteiger partial charge in [-0.25, -0.2) is 4.98 Å². The number of ether oxygens (including phenoxy) is 4. The van der Waals surface area contributed by atoms with Gasteiger partial charge in [0, 0.05) is 149 Å². The van der Waals surface area contributed by atoms with Crippen molar-refractivity contribution in [2.75, 3.05) is 57.1 Å². The molecule has 33 nitrogen and oxygen atoms in total. The summed E-state index contributed by atoms with van der Waals surface area (Å²) in [5, 5.41) is 64.7. The summed E-state index contributed by atoms with van der Waals surface area (Å²) in [7, 11) is 2.86. The first kappa shape index (κ1) is 95.3. The van der Waals surface area contributed by atoms with Gasteiger partial charge < -0.3 is 90.4 Å². The Morgan fingerprint density at radius 3 is 2.03 bits per heavy atom. The van der Waals surface area contributed by atoms with Crippen LogP contribution in [0.25, 0.3) is 33.3 Å². The Bertz CT molecular complexity index is 5330. The number of aliphatic hydroxyl groups is 2. The predicted octanol–water partition coefficient (Wildman–Crippen LogP) is 7.41. The van der Waals surface area contributed by atoms with Gasteiger partial charge in [-0.1, -0.05) is 148 Å². The highest BCUT2D eigenvalue weighted by Gasteiger charge is 2.52. The summed E-state index contributed by atoms with van der Waals surface area (Å²) >= 11 is 0. The first-order valence-electron chi connectivity index (χ1n) is 43.2. The van der Waals surface area contributed by atoms with Crippen LogP contribution in [-0.4, -0.2) is 224 Å². The quantitative estimate of drug-likeness (QED) is 0.0109. The van der Waals surface area contributed by atoms with E-state index in [1.165, 1.54) is 75.9 Å². The molecule has 5 bridgehead atoms. The molecule has 0 spiro atoms. The fraction of sp³-hybridized carbons (Fsp3) is 0.489. The van der Waals surface area contributed by atoms with E-state index in [0.29, 0.717) is 42.5 Å². The molecule has 1 aliphatic carbocycles. The van der Waals surface area contributed by atoms with Gasteiger partial charge in [-0.3, -0.25) is 67.2 Å². The number of amides is 10. The monoisotopic (exact) mass is 1750 g/mol. The average molecular weight is 1750 g/mol. The molecule has 7 heterocycles. The van der Waals surface area contributed by atoms with Crippen LogP contribution in [0.5, 0.6) is 17.2 Å². The lowest BCUT2D eigenvalue weighted by atomic mass is 9.69. The molecule has 0 unspecified atom stereocenters. The number of allylic oxidation sites excluding steroid dienone is 2. The van der Waals surface area contributed by atoms with E-state index >= 15 is 28.8 Å². The number of fused-ring (bicyclic) bond motifs is 14. The number of Topliss-reactive ketones (excluding diaryl/α,β-unsaturated/α-hetero) is 1. The maximum atomic E-state index is 15.4. The standard InChI is InChI=1S/C94H117N11O22/c1-16-50(4)75(100-90(120)63-31-24-38-104(63)71(111)48-95-68(108)36-41-105-69(109)32-33-70(105)110)92(122)102(14)64(43-49(2)3)91(121)98-62(45-58-29-21-18-22-30-58)89(119)97-61(44-57-27-19-17-20-28-57)88(118)96-59-34-39-103(40-35-59)60-46-65(107)76-67(47-60)126-83-77(99-76)72-73-80(113)54(8)82-74(72)85(116)94(13,127-82)124-42-37-66(123-15)53(7)86(125-56(10)106)93(11,12)84(115)55(9)79(112)51(5)25-23-26-52(6)87(117)101-78(83)81(73)114/h17-23,25-30,32-33,37,42,46-47,49-51,53,55,59,61-64,66,75,79,84,86,107,112-113,115H,16,24,31,34-36,38-41,43-45,48H2,1-15H3,(H,95,108)(H,96,118)(H,97,119)(H,98,121)(H,100,120)(H,101,117)/b25-23+,42-37+,52-26-/t50-,51-,53+,55+,61-,62-,63-,64-,66-,75-,79-,84+,86+,94-/m0/s1. The number of imide groups is 1. The van der Waals surface area contributed by atoms with Crippen molar-refractivity contribution in [3.63, 3.8) is 0 Å². The number of nitrogens with zero attached hydrogens (tertiary/aromatic N) is 5. The van der Waals surface area contributed by atoms with Crippen molar-refractivity contribution in [2.24, 2.45) is 35.0 Å². The summed E-state index contributed by atoms with van der Waals surface area (Å²) in [5.41, 5.74) is -1.73. The van der Waals surface area contributed by atoms with Crippen molar-refractivity contribution in [1.82, 2.24) is 46.3 Å². The van der Waals surface area contributed by atoms with Crippen LogP contribution in [0.15, 0.2) is 130 Å². The fourth-order valence-corrected chi connectivity index (χ4v) is 17.4. The Morgan fingerprint density at radius 1 is 0.787 bits per heavy atom. The van der Waals surface area contributed by atoms with Crippen LogP contribution in [0.2, 0.25) is 0 Å². The van der Waals surface area contributed by atoms with Crippen LogP contribution in [0.1, 0.15) is 155 Å².